The van der Waals surface area contributed by atoms with Crippen LogP contribution in [0, 0.1) is 10.5 Å². The lowest BCUT2D eigenvalue weighted by atomic mass is 10.1. The Morgan fingerprint density at radius 2 is 2.10 bits per heavy atom. The van der Waals surface area contributed by atoms with E-state index in [1.807, 2.05) is 6.92 Å². The molecule has 7 nitrogen and oxygen atoms in total. The smallest absolute Gasteiger partial charge is 0.164 e. The van der Waals surface area contributed by atoms with Gasteiger partial charge in [0, 0.05) is 9.77 Å². The summed E-state index contributed by atoms with van der Waals surface area (Å²) in [6.07, 6.45) is -0.564. The number of aliphatic hydroxyl groups is 3. The van der Waals surface area contributed by atoms with Crippen LogP contribution in [0.2, 0.25) is 0 Å². The van der Waals surface area contributed by atoms with E-state index in [9.17, 15) is 10.2 Å². The van der Waals surface area contributed by atoms with Gasteiger partial charge in [-0.25, -0.2) is 9.97 Å². The van der Waals surface area contributed by atoms with Crippen LogP contribution in [-0.2, 0) is 4.74 Å². The molecule has 0 aliphatic carbocycles. The third-order valence-corrected chi connectivity index (χ3v) is 4.36. The van der Waals surface area contributed by atoms with E-state index >= 15 is 0 Å². The fourth-order valence-electron chi connectivity index (χ4n) is 2.49. The highest BCUT2D eigenvalue weighted by molar-refractivity contribution is 14.1. The number of hydrogen-bond acceptors (Lipinski definition) is 6. The Hall–Kier alpha value is -0.810. The van der Waals surface area contributed by atoms with E-state index in [1.54, 1.807) is 10.8 Å². The van der Waals surface area contributed by atoms with Crippen LogP contribution in [0.3, 0.4) is 0 Å². The number of halogens is 1. The minimum absolute atomic E-state index is 0.348. The molecule has 4 atom stereocenters. The third kappa shape index (κ3) is 2.02. The SMILES string of the molecule is Cc1ncnc2c1c(I)cn2[C@@H]1O[C@H](CO)[C@H](O)C1O. The minimum atomic E-state index is -1.12. The van der Waals surface area contributed by atoms with Crippen molar-refractivity contribution < 1.29 is 20.1 Å². The van der Waals surface area contributed by atoms with E-state index in [4.69, 9.17) is 9.84 Å². The fourth-order valence-corrected chi connectivity index (χ4v) is 3.42. The molecule has 108 valence electrons. The van der Waals surface area contributed by atoms with Crippen molar-refractivity contribution in [3.63, 3.8) is 0 Å². The molecule has 1 fully saturated rings. The molecule has 0 aromatic carbocycles. The Morgan fingerprint density at radius 1 is 1.35 bits per heavy atom. The van der Waals surface area contributed by atoms with Gasteiger partial charge in [0.2, 0.25) is 0 Å². The van der Waals surface area contributed by atoms with Crippen molar-refractivity contribution in [2.75, 3.05) is 6.61 Å². The number of fused-ring (bicyclic) bond motifs is 1. The first-order chi connectivity index (χ1) is 9.54. The van der Waals surface area contributed by atoms with Crippen LogP contribution in [0.5, 0.6) is 0 Å². The molecule has 3 rings (SSSR count). The summed E-state index contributed by atoms with van der Waals surface area (Å²) in [5.74, 6) is 0. The standard InChI is InChI=1S/C12H14IN3O4/c1-5-8-6(13)2-16(11(8)15-4-14-5)12-10(19)9(18)7(3-17)20-12/h2,4,7,9-10,12,17-19H,3H2,1H3/t7-,9+,10?,12-/m1/s1. The number of aryl methyl sites for hydroxylation is 1. The summed E-state index contributed by atoms with van der Waals surface area (Å²) in [5.41, 5.74) is 1.47. The molecule has 0 amide bonds. The molecule has 2 aromatic rings. The Morgan fingerprint density at radius 3 is 2.75 bits per heavy atom. The van der Waals surface area contributed by atoms with E-state index in [0.717, 1.165) is 14.7 Å². The molecule has 2 aromatic heterocycles. The van der Waals surface area contributed by atoms with Gasteiger partial charge in [0.1, 0.15) is 30.3 Å². The van der Waals surface area contributed by atoms with Crippen LogP contribution in [0.25, 0.3) is 11.0 Å². The fraction of sp³-hybridized carbons (Fsp3) is 0.500. The number of aliphatic hydroxyl groups excluding tert-OH is 3. The first kappa shape index (κ1) is 14.1. The van der Waals surface area contributed by atoms with Gasteiger partial charge in [0.15, 0.2) is 6.23 Å². The molecular formula is C12H14IN3O4. The zero-order valence-electron chi connectivity index (χ0n) is 10.6. The van der Waals surface area contributed by atoms with Gasteiger partial charge in [0.05, 0.1) is 17.7 Å². The Balaban J connectivity index is 2.10. The lowest BCUT2D eigenvalue weighted by Gasteiger charge is -2.17. The van der Waals surface area contributed by atoms with Crippen molar-refractivity contribution in [1.82, 2.24) is 14.5 Å². The molecule has 20 heavy (non-hydrogen) atoms. The average molecular weight is 391 g/mol. The quantitative estimate of drug-likeness (QED) is 0.622. The summed E-state index contributed by atoms with van der Waals surface area (Å²) in [6, 6.07) is 0. The van der Waals surface area contributed by atoms with Crippen LogP contribution in [-0.4, -0.2) is 54.8 Å². The van der Waals surface area contributed by atoms with Crippen LogP contribution < -0.4 is 0 Å². The third-order valence-electron chi connectivity index (χ3n) is 3.54. The maximum absolute atomic E-state index is 10.1. The van der Waals surface area contributed by atoms with Crippen molar-refractivity contribution in [1.29, 1.82) is 0 Å². The summed E-state index contributed by atoms with van der Waals surface area (Å²) < 4.78 is 8.15. The molecule has 3 N–H and O–H groups in total. The van der Waals surface area contributed by atoms with E-state index in [2.05, 4.69) is 32.6 Å². The van der Waals surface area contributed by atoms with Crippen LogP contribution in [0.4, 0.5) is 0 Å². The first-order valence-electron chi connectivity index (χ1n) is 6.14. The van der Waals surface area contributed by atoms with Crippen molar-refractivity contribution in [2.45, 2.75) is 31.5 Å². The van der Waals surface area contributed by atoms with E-state index < -0.39 is 24.5 Å². The monoisotopic (exact) mass is 391 g/mol. The van der Waals surface area contributed by atoms with Gasteiger partial charge in [-0.3, -0.25) is 0 Å². The second kappa shape index (κ2) is 5.19. The zero-order chi connectivity index (χ0) is 14.4. The molecule has 1 saturated heterocycles. The molecule has 0 radical (unpaired) electrons. The van der Waals surface area contributed by atoms with Crippen molar-refractivity contribution in [3.8, 4) is 0 Å². The minimum Gasteiger partial charge on any atom is -0.394 e. The summed E-state index contributed by atoms with van der Waals surface area (Å²) in [4.78, 5) is 8.38. The highest BCUT2D eigenvalue weighted by Gasteiger charge is 2.43. The molecular weight excluding hydrogens is 377 g/mol. The average Bonchev–Trinajstić information content (AvgIpc) is 2.90. The highest BCUT2D eigenvalue weighted by atomic mass is 127. The van der Waals surface area contributed by atoms with E-state index in [1.165, 1.54) is 6.33 Å². The second-order valence-electron chi connectivity index (χ2n) is 4.77. The number of nitrogens with zero attached hydrogens (tertiary/aromatic N) is 3. The first-order valence-corrected chi connectivity index (χ1v) is 7.22. The maximum Gasteiger partial charge on any atom is 0.164 e. The number of hydrogen-bond donors (Lipinski definition) is 3. The molecule has 0 saturated carbocycles. The highest BCUT2D eigenvalue weighted by Crippen LogP contribution is 2.34. The van der Waals surface area contributed by atoms with Gasteiger partial charge in [-0.2, -0.15) is 0 Å². The largest absolute Gasteiger partial charge is 0.394 e. The molecule has 8 heteroatoms. The van der Waals surface area contributed by atoms with Crippen molar-refractivity contribution >= 4 is 33.6 Å². The second-order valence-corrected chi connectivity index (χ2v) is 5.93. The summed E-state index contributed by atoms with van der Waals surface area (Å²) in [7, 11) is 0. The van der Waals surface area contributed by atoms with Crippen LogP contribution in [0.15, 0.2) is 12.5 Å². The van der Waals surface area contributed by atoms with E-state index in [0.29, 0.717) is 5.65 Å². The predicted octanol–water partition coefficient (Wildman–Crippen LogP) is -0.0442. The molecule has 0 spiro atoms. The van der Waals surface area contributed by atoms with Gasteiger partial charge in [-0.1, -0.05) is 0 Å². The van der Waals surface area contributed by atoms with Crippen molar-refractivity contribution in [3.05, 3.63) is 21.8 Å². The van der Waals surface area contributed by atoms with Gasteiger partial charge < -0.3 is 24.6 Å². The number of rotatable bonds is 2. The lowest BCUT2D eigenvalue weighted by Crippen LogP contribution is -2.33. The summed E-state index contributed by atoms with van der Waals surface area (Å²) in [6.45, 7) is 1.53. The van der Waals surface area contributed by atoms with Crippen molar-refractivity contribution in [2.24, 2.45) is 0 Å². The van der Waals surface area contributed by atoms with Gasteiger partial charge >= 0.3 is 0 Å². The van der Waals surface area contributed by atoms with Gasteiger partial charge in [-0.15, -0.1) is 0 Å². The van der Waals surface area contributed by atoms with Crippen LogP contribution >= 0.6 is 22.6 Å². The predicted molar refractivity (Wildman–Crippen MR) is 78.0 cm³/mol. The van der Waals surface area contributed by atoms with Gasteiger partial charge in [0.25, 0.3) is 0 Å². The molecule has 1 aliphatic rings. The maximum atomic E-state index is 10.1. The summed E-state index contributed by atoms with van der Waals surface area (Å²) >= 11 is 2.17. The zero-order valence-corrected chi connectivity index (χ0v) is 12.8. The number of ether oxygens (including phenoxy) is 1. The van der Waals surface area contributed by atoms with Crippen LogP contribution in [0.1, 0.15) is 11.9 Å². The number of aromatic nitrogens is 3. The van der Waals surface area contributed by atoms with Gasteiger partial charge in [-0.05, 0) is 29.5 Å². The molecule has 1 unspecified atom stereocenters. The molecule has 0 bridgehead atoms. The topological polar surface area (TPSA) is 101 Å². The lowest BCUT2D eigenvalue weighted by molar-refractivity contribution is -0.0509. The van der Waals surface area contributed by atoms with E-state index in [-0.39, 0.29) is 6.61 Å². The normalized spacial score (nSPS) is 30.2. The Kier molecular flexibility index (Phi) is 3.67. The molecule has 3 heterocycles. The summed E-state index contributed by atoms with van der Waals surface area (Å²) in [5, 5.41) is 30.0. The molecule has 1 aliphatic heterocycles. The Labute approximate surface area is 128 Å². The Bertz CT molecular complexity index is 647.